The highest BCUT2D eigenvalue weighted by Crippen LogP contribution is 2.22. The molecule has 0 fully saturated rings. The van der Waals surface area contributed by atoms with Crippen LogP contribution in [0.25, 0.3) is 16.6 Å². The Labute approximate surface area is 183 Å². The number of fused-ring (bicyclic) bond motifs is 1. The van der Waals surface area contributed by atoms with Crippen molar-refractivity contribution in [3.8, 4) is 11.4 Å². The van der Waals surface area contributed by atoms with Gasteiger partial charge in [0.05, 0.1) is 12.3 Å². The first-order chi connectivity index (χ1) is 15.2. The number of aromatic amines is 1. The Bertz CT molecular complexity index is 1110. The first-order valence-corrected chi connectivity index (χ1v) is 11.0. The molecule has 2 aromatic heterocycles. The normalized spacial score (nSPS) is 12.4. The fraction of sp³-hybridized carbons (Fsp3) is 0.360. The number of aromatic nitrogens is 4. The summed E-state index contributed by atoms with van der Waals surface area (Å²) in [6, 6.07) is 16.5. The summed E-state index contributed by atoms with van der Waals surface area (Å²) in [5.41, 5.74) is 3.56. The van der Waals surface area contributed by atoms with Crippen LogP contribution in [0.15, 0.2) is 54.7 Å². The Hall–Kier alpha value is -3.12. The summed E-state index contributed by atoms with van der Waals surface area (Å²) in [7, 11) is 1.68. The number of ether oxygens (including phenoxy) is 2. The van der Waals surface area contributed by atoms with Crippen molar-refractivity contribution in [2.24, 2.45) is 0 Å². The highest BCUT2D eigenvalue weighted by molar-refractivity contribution is 5.82. The van der Waals surface area contributed by atoms with Crippen molar-refractivity contribution in [2.45, 2.75) is 45.6 Å². The molecule has 6 nitrogen and oxygen atoms in total. The van der Waals surface area contributed by atoms with Gasteiger partial charge in [0.2, 0.25) is 0 Å². The molecule has 0 aliphatic carbocycles. The van der Waals surface area contributed by atoms with Gasteiger partial charge in [-0.2, -0.15) is 0 Å². The molecule has 0 amide bonds. The SMILES string of the molecule is CCOc1ccc(-n2nc(C(C)OC)nc2CCCCc2c[nH]c3ccccc23)cc1. The van der Waals surface area contributed by atoms with Gasteiger partial charge in [-0.3, -0.25) is 0 Å². The molecule has 2 heterocycles. The third-order valence-electron chi connectivity index (χ3n) is 5.57. The molecule has 0 radical (unpaired) electrons. The van der Waals surface area contributed by atoms with Crippen LogP contribution in [0.5, 0.6) is 5.75 Å². The van der Waals surface area contributed by atoms with Gasteiger partial charge in [-0.15, -0.1) is 5.10 Å². The molecule has 0 aliphatic rings. The van der Waals surface area contributed by atoms with Crippen LogP contribution < -0.4 is 4.74 Å². The van der Waals surface area contributed by atoms with E-state index in [0.29, 0.717) is 12.4 Å². The molecule has 4 aromatic rings. The molecule has 0 saturated heterocycles. The lowest BCUT2D eigenvalue weighted by Gasteiger charge is -2.08. The number of methoxy groups -OCH3 is 1. The number of aryl methyl sites for hydroxylation is 2. The van der Waals surface area contributed by atoms with Crippen molar-refractivity contribution in [3.63, 3.8) is 0 Å². The Morgan fingerprint density at radius 1 is 1.03 bits per heavy atom. The van der Waals surface area contributed by atoms with Gasteiger partial charge in [-0.05, 0) is 69.0 Å². The first kappa shape index (κ1) is 21.1. The maximum Gasteiger partial charge on any atom is 0.179 e. The number of rotatable bonds is 10. The van der Waals surface area contributed by atoms with Crippen LogP contribution in [-0.4, -0.2) is 33.5 Å². The molecule has 162 valence electrons. The average Bonchev–Trinajstić information content (AvgIpc) is 3.41. The number of H-pyrrole nitrogens is 1. The summed E-state index contributed by atoms with van der Waals surface area (Å²) in [5.74, 6) is 2.53. The van der Waals surface area contributed by atoms with E-state index in [0.717, 1.165) is 42.9 Å². The summed E-state index contributed by atoms with van der Waals surface area (Å²) >= 11 is 0. The lowest BCUT2D eigenvalue weighted by Crippen LogP contribution is -2.04. The minimum atomic E-state index is -0.145. The second kappa shape index (κ2) is 9.79. The molecular weight excluding hydrogens is 388 g/mol. The summed E-state index contributed by atoms with van der Waals surface area (Å²) in [6.07, 6.45) is 6.02. The molecule has 0 saturated carbocycles. The minimum absolute atomic E-state index is 0.145. The Kier molecular flexibility index (Phi) is 6.67. The van der Waals surface area contributed by atoms with E-state index in [1.165, 1.54) is 16.5 Å². The number of nitrogens with zero attached hydrogens (tertiary/aromatic N) is 3. The molecule has 0 spiro atoms. The lowest BCUT2D eigenvalue weighted by molar-refractivity contribution is 0.112. The van der Waals surface area contributed by atoms with E-state index in [1.807, 2.05) is 42.8 Å². The van der Waals surface area contributed by atoms with E-state index < -0.39 is 0 Å². The summed E-state index contributed by atoms with van der Waals surface area (Å²) in [5, 5.41) is 6.05. The van der Waals surface area contributed by atoms with Crippen molar-refractivity contribution in [1.82, 2.24) is 19.7 Å². The molecule has 0 bridgehead atoms. The molecular formula is C25H30N4O2. The van der Waals surface area contributed by atoms with Crippen LogP contribution in [0.4, 0.5) is 0 Å². The molecule has 2 aromatic carbocycles. The Morgan fingerprint density at radius 3 is 2.58 bits per heavy atom. The maximum atomic E-state index is 5.57. The van der Waals surface area contributed by atoms with Crippen molar-refractivity contribution in [3.05, 3.63) is 71.9 Å². The number of unbranched alkanes of at least 4 members (excludes halogenated alkanes) is 1. The number of hydrogen-bond donors (Lipinski definition) is 1. The standard InChI is InChI=1S/C25H30N4O2/c1-4-31-21-15-13-20(14-16-21)29-24(27-25(28-29)18(2)30-3)12-8-5-9-19-17-26-23-11-7-6-10-22(19)23/h6-7,10-11,13-18,26H,4-5,8-9,12H2,1-3H3. The monoisotopic (exact) mass is 418 g/mol. The predicted octanol–water partition coefficient (Wildman–Crippen LogP) is 5.42. The first-order valence-electron chi connectivity index (χ1n) is 11.0. The van der Waals surface area contributed by atoms with Crippen LogP contribution >= 0.6 is 0 Å². The topological polar surface area (TPSA) is 65.0 Å². The zero-order valence-corrected chi connectivity index (χ0v) is 18.5. The number of nitrogens with one attached hydrogen (secondary N) is 1. The van der Waals surface area contributed by atoms with E-state index in [1.54, 1.807) is 7.11 Å². The van der Waals surface area contributed by atoms with E-state index in [9.17, 15) is 0 Å². The van der Waals surface area contributed by atoms with E-state index in [-0.39, 0.29) is 6.10 Å². The lowest BCUT2D eigenvalue weighted by atomic mass is 10.1. The smallest absolute Gasteiger partial charge is 0.179 e. The van der Waals surface area contributed by atoms with Crippen LogP contribution in [-0.2, 0) is 17.6 Å². The molecule has 0 aliphatic heterocycles. The Balaban J connectivity index is 1.46. The average molecular weight is 419 g/mol. The van der Waals surface area contributed by atoms with E-state index in [2.05, 4.69) is 35.4 Å². The van der Waals surface area contributed by atoms with E-state index in [4.69, 9.17) is 19.6 Å². The quantitative estimate of drug-likeness (QED) is 0.349. The second-order valence-electron chi connectivity index (χ2n) is 7.67. The zero-order chi connectivity index (χ0) is 21.6. The molecule has 1 unspecified atom stereocenters. The largest absolute Gasteiger partial charge is 0.494 e. The van der Waals surface area contributed by atoms with Crippen LogP contribution in [0.2, 0.25) is 0 Å². The van der Waals surface area contributed by atoms with Gasteiger partial charge >= 0.3 is 0 Å². The summed E-state index contributed by atoms with van der Waals surface area (Å²) < 4.78 is 12.9. The molecule has 31 heavy (non-hydrogen) atoms. The molecule has 6 heteroatoms. The number of benzene rings is 2. The molecule has 1 N–H and O–H groups in total. The van der Waals surface area contributed by atoms with Crippen molar-refractivity contribution < 1.29 is 9.47 Å². The van der Waals surface area contributed by atoms with Crippen molar-refractivity contribution in [2.75, 3.05) is 13.7 Å². The fourth-order valence-corrected chi connectivity index (χ4v) is 3.80. The third-order valence-corrected chi connectivity index (χ3v) is 5.57. The van der Waals surface area contributed by atoms with Gasteiger partial charge in [-0.1, -0.05) is 18.2 Å². The third kappa shape index (κ3) is 4.80. The number of para-hydroxylation sites is 1. The second-order valence-corrected chi connectivity index (χ2v) is 7.67. The Morgan fingerprint density at radius 2 is 1.81 bits per heavy atom. The van der Waals surface area contributed by atoms with Crippen LogP contribution in [0.3, 0.4) is 0 Å². The van der Waals surface area contributed by atoms with Gasteiger partial charge in [0.1, 0.15) is 17.7 Å². The van der Waals surface area contributed by atoms with Crippen LogP contribution in [0, 0.1) is 0 Å². The van der Waals surface area contributed by atoms with E-state index >= 15 is 0 Å². The van der Waals surface area contributed by atoms with Gasteiger partial charge in [0.25, 0.3) is 0 Å². The van der Waals surface area contributed by atoms with Gasteiger partial charge < -0.3 is 14.5 Å². The van der Waals surface area contributed by atoms with Crippen molar-refractivity contribution >= 4 is 10.9 Å². The van der Waals surface area contributed by atoms with Gasteiger partial charge in [0.15, 0.2) is 5.82 Å². The summed E-state index contributed by atoms with van der Waals surface area (Å²) in [4.78, 5) is 8.15. The molecule has 1 atom stereocenters. The maximum absolute atomic E-state index is 5.57. The van der Waals surface area contributed by atoms with Gasteiger partial charge in [0, 0.05) is 30.6 Å². The highest BCUT2D eigenvalue weighted by Gasteiger charge is 2.16. The van der Waals surface area contributed by atoms with Gasteiger partial charge in [-0.25, -0.2) is 9.67 Å². The molecule has 4 rings (SSSR count). The zero-order valence-electron chi connectivity index (χ0n) is 18.5. The minimum Gasteiger partial charge on any atom is -0.494 e. The highest BCUT2D eigenvalue weighted by atomic mass is 16.5. The van der Waals surface area contributed by atoms with Crippen LogP contribution in [0.1, 0.15) is 50.0 Å². The predicted molar refractivity (Wildman–Crippen MR) is 123 cm³/mol. The van der Waals surface area contributed by atoms with Crippen molar-refractivity contribution in [1.29, 1.82) is 0 Å². The number of hydrogen-bond acceptors (Lipinski definition) is 4. The fourth-order valence-electron chi connectivity index (χ4n) is 3.80. The summed E-state index contributed by atoms with van der Waals surface area (Å²) in [6.45, 7) is 4.61.